The van der Waals surface area contributed by atoms with Crippen LogP contribution in [-0.4, -0.2) is 50.3 Å². The Morgan fingerprint density at radius 1 is 1.17 bits per heavy atom. The molecule has 0 aromatic carbocycles. The van der Waals surface area contributed by atoms with Crippen LogP contribution in [0.3, 0.4) is 0 Å². The summed E-state index contributed by atoms with van der Waals surface area (Å²) < 4.78 is 39.7. The molecule has 2 aliphatic rings. The summed E-state index contributed by atoms with van der Waals surface area (Å²) in [5.41, 5.74) is 2.25. The summed E-state index contributed by atoms with van der Waals surface area (Å²) in [4.78, 5) is 29.5. The maximum atomic E-state index is 12.9. The summed E-state index contributed by atoms with van der Waals surface area (Å²) in [5, 5.41) is 7.54. The highest BCUT2D eigenvalue weighted by molar-refractivity contribution is 6.05. The number of nitrogens with one attached hydrogen (secondary N) is 1. The molecule has 1 amide bonds. The molecule has 0 saturated heterocycles. The van der Waals surface area contributed by atoms with Crippen LogP contribution in [0.2, 0.25) is 0 Å². The Morgan fingerprint density at radius 3 is 2.71 bits per heavy atom. The average molecular weight is 487 g/mol. The van der Waals surface area contributed by atoms with Crippen LogP contribution in [0.25, 0.3) is 0 Å². The predicted octanol–water partition coefficient (Wildman–Crippen LogP) is 3.25. The van der Waals surface area contributed by atoms with Gasteiger partial charge in [-0.05, 0) is 30.9 Å². The van der Waals surface area contributed by atoms with E-state index < -0.39 is 11.9 Å². The minimum absolute atomic E-state index is 0.100. The molecule has 1 N–H and O–H groups in total. The van der Waals surface area contributed by atoms with Gasteiger partial charge in [0.15, 0.2) is 5.82 Å². The van der Waals surface area contributed by atoms with Crippen molar-refractivity contribution in [1.29, 1.82) is 0 Å². The second-order valence-electron chi connectivity index (χ2n) is 8.74. The molecule has 3 aromatic heterocycles. The SMILES string of the molecule is CC[C@H]1C(=O)N2CCCc3nc(NCc4cnn(Cc5ccc(C(F)(F)F)nc5)c4)nc(c32)N1C. The number of likely N-dealkylation sites (N-methyl/N-ethyl adjacent to an activating group) is 1. The zero-order valence-corrected chi connectivity index (χ0v) is 19.4. The van der Waals surface area contributed by atoms with Crippen LogP contribution in [0.15, 0.2) is 30.7 Å². The van der Waals surface area contributed by atoms with E-state index in [4.69, 9.17) is 4.98 Å². The Bertz CT molecular complexity index is 1240. The maximum Gasteiger partial charge on any atom is 0.433 e. The van der Waals surface area contributed by atoms with E-state index in [1.165, 1.54) is 12.3 Å². The largest absolute Gasteiger partial charge is 0.433 e. The highest BCUT2D eigenvalue weighted by atomic mass is 19.4. The lowest BCUT2D eigenvalue weighted by molar-refractivity contribution is -0.141. The summed E-state index contributed by atoms with van der Waals surface area (Å²) in [7, 11) is 1.89. The van der Waals surface area contributed by atoms with Crippen molar-refractivity contribution in [1.82, 2.24) is 24.7 Å². The number of pyridine rings is 1. The Kier molecular flexibility index (Phi) is 5.81. The molecule has 0 aliphatic carbocycles. The molecule has 184 valence electrons. The van der Waals surface area contributed by atoms with Gasteiger partial charge in [-0.15, -0.1) is 0 Å². The van der Waals surface area contributed by atoms with Gasteiger partial charge in [-0.25, -0.2) is 4.98 Å². The van der Waals surface area contributed by atoms with Gasteiger partial charge < -0.3 is 15.1 Å². The van der Waals surface area contributed by atoms with Crippen molar-refractivity contribution in [2.75, 3.05) is 28.7 Å². The second kappa shape index (κ2) is 8.82. The van der Waals surface area contributed by atoms with Crippen molar-refractivity contribution in [3.8, 4) is 0 Å². The minimum atomic E-state index is -4.46. The Morgan fingerprint density at radius 2 is 2.00 bits per heavy atom. The molecule has 12 heteroatoms. The van der Waals surface area contributed by atoms with Gasteiger partial charge in [0.05, 0.1) is 18.4 Å². The van der Waals surface area contributed by atoms with E-state index in [-0.39, 0.29) is 11.9 Å². The summed E-state index contributed by atoms with van der Waals surface area (Å²) >= 11 is 0. The first-order valence-corrected chi connectivity index (χ1v) is 11.5. The number of alkyl halides is 3. The number of carbonyl (C=O) groups is 1. The number of amides is 1. The second-order valence-corrected chi connectivity index (χ2v) is 8.74. The molecule has 5 rings (SSSR count). The fourth-order valence-corrected chi connectivity index (χ4v) is 4.58. The van der Waals surface area contributed by atoms with E-state index in [0.717, 1.165) is 41.7 Å². The van der Waals surface area contributed by atoms with Gasteiger partial charge in [0.25, 0.3) is 0 Å². The molecular formula is C23H25F3N8O. The summed E-state index contributed by atoms with van der Waals surface area (Å²) in [6, 6.07) is 2.13. The molecule has 0 fully saturated rings. The molecule has 0 unspecified atom stereocenters. The topological polar surface area (TPSA) is 92.1 Å². The third kappa shape index (κ3) is 4.40. The van der Waals surface area contributed by atoms with Crippen molar-refractivity contribution in [3.63, 3.8) is 0 Å². The molecule has 1 atom stereocenters. The van der Waals surface area contributed by atoms with Gasteiger partial charge in [-0.1, -0.05) is 13.0 Å². The highest BCUT2D eigenvalue weighted by Crippen LogP contribution is 2.40. The van der Waals surface area contributed by atoms with Crippen LogP contribution in [0.5, 0.6) is 0 Å². The molecule has 35 heavy (non-hydrogen) atoms. The number of carbonyl (C=O) groups excluding carboxylic acids is 1. The Hall–Kier alpha value is -3.70. The quantitative estimate of drug-likeness (QED) is 0.572. The van der Waals surface area contributed by atoms with Crippen LogP contribution in [0.4, 0.5) is 30.6 Å². The molecule has 0 bridgehead atoms. The standard InChI is InChI=1S/C23H25F3N8O/c1-3-17-21(35)34-8-4-5-16-19(34)20(32(17)2)31-22(30-16)28-10-15-11-29-33(13-15)12-14-6-7-18(27-9-14)23(24,25)26/h6-7,9,11,13,17H,3-5,8,10,12H2,1-2H3,(H,28,30,31)/t17-/m0/s1. The van der Waals surface area contributed by atoms with E-state index in [0.29, 0.717) is 37.6 Å². The monoisotopic (exact) mass is 486 g/mol. The molecule has 0 spiro atoms. The van der Waals surface area contributed by atoms with Gasteiger partial charge in [0.2, 0.25) is 11.9 Å². The Labute approximate surface area is 200 Å². The first kappa shape index (κ1) is 23.1. The van der Waals surface area contributed by atoms with Gasteiger partial charge in [-0.3, -0.25) is 14.5 Å². The molecule has 0 radical (unpaired) electrons. The normalized spacial score (nSPS) is 17.5. The number of hydrogen-bond donors (Lipinski definition) is 1. The van der Waals surface area contributed by atoms with Crippen molar-refractivity contribution in [2.45, 2.75) is 51.5 Å². The number of anilines is 3. The number of aromatic nitrogens is 5. The van der Waals surface area contributed by atoms with Crippen molar-refractivity contribution in [2.24, 2.45) is 0 Å². The van der Waals surface area contributed by atoms with Crippen molar-refractivity contribution in [3.05, 3.63) is 53.2 Å². The number of nitrogens with zero attached hydrogens (tertiary/aromatic N) is 7. The van der Waals surface area contributed by atoms with Gasteiger partial charge in [0, 0.05) is 38.1 Å². The van der Waals surface area contributed by atoms with Gasteiger partial charge >= 0.3 is 6.18 Å². The lowest BCUT2D eigenvalue weighted by Gasteiger charge is -2.42. The first-order valence-electron chi connectivity index (χ1n) is 11.5. The molecule has 5 heterocycles. The van der Waals surface area contributed by atoms with E-state index in [1.807, 2.05) is 30.0 Å². The van der Waals surface area contributed by atoms with Crippen LogP contribution in [0, 0.1) is 0 Å². The fraction of sp³-hybridized carbons (Fsp3) is 0.435. The third-order valence-electron chi connectivity index (χ3n) is 6.34. The minimum Gasteiger partial charge on any atom is -0.350 e. The average Bonchev–Trinajstić information content (AvgIpc) is 3.28. The van der Waals surface area contributed by atoms with E-state index in [2.05, 4.69) is 20.4 Å². The van der Waals surface area contributed by atoms with E-state index in [1.54, 1.807) is 10.9 Å². The molecular weight excluding hydrogens is 461 g/mol. The number of rotatable bonds is 6. The van der Waals surface area contributed by atoms with Gasteiger partial charge in [-0.2, -0.15) is 23.3 Å². The lowest BCUT2D eigenvalue weighted by Crippen LogP contribution is -2.54. The molecule has 0 saturated carbocycles. The molecule has 9 nitrogen and oxygen atoms in total. The first-order chi connectivity index (χ1) is 16.7. The fourth-order valence-electron chi connectivity index (χ4n) is 4.58. The zero-order chi connectivity index (χ0) is 24.7. The molecule has 3 aromatic rings. The third-order valence-corrected chi connectivity index (χ3v) is 6.34. The lowest BCUT2D eigenvalue weighted by atomic mass is 10.0. The maximum absolute atomic E-state index is 12.9. The number of halogens is 3. The zero-order valence-electron chi connectivity index (χ0n) is 19.4. The van der Waals surface area contributed by atoms with Crippen LogP contribution in [0.1, 0.15) is 42.3 Å². The van der Waals surface area contributed by atoms with Crippen LogP contribution < -0.4 is 15.1 Å². The van der Waals surface area contributed by atoms with Crippen molar-refractivity contribution < 1.29 is 18.0 Å². The number of hydrogen-bond acceptors (Lipinski definition) is 7. The number of aryl methyl sites for hydroxylation is 1. The van der Waals surface area contributed by atoms with Crippen LogP contribution in [-0.2, 0) is 30.5 Å². The highest BCUT2D eigenvalue weighted by Gasteiger charge is 2.40. The van der Waals surface area contributed by atoms with Crippen molar-refractivity contribution >= 4 is 23.4 Å². The summed E-state index contributed by atoms with van der Waals surface area (Å²) in [6.07, 6.45) is 2.59. The predicted molar refractivity (Wildman–Crippen MR) is 123 cm³/mol. The summed E-state index contributed by atoms with van der Waals surface area (Å²) in [5.74, 6) is 1.34. The van der Waals surface area contributed by atoms with E-state index >= 15 is 0 Å². The molecule has 2 aliphatic heterocycles. The summed E-state index contributed by atoms with van der Waals surface area (Å²) in [6.45, 7) is 3.41. The Balaban J connectivity index is 1.29. The smallest absolute Gasteiger partial charge is 0.350 e. The van der Waals surface area contributed by atoms with E-state index in [9.17, 15) is 18.0 Å². The van der Waals surface area contributed by atoms with Crippen LogP contribution >= 0.6 is 0 Å². The van der Waals surface area contributed by atoms with Gasteiger partial charge in [0.1, 0.15) is 17.4 Å².